The van der Waals surface area contributed by atoms with Crippen molar-refractivity contribution in [1.29, 1.82) is 0 Å². The minimum Gasteiger partial charge on any atom is -0.437 e. The van der Waals surface area contributed by atoms with Gasteiger partial charge in [0.2, 0.25) is 5.88 Å². The molecule has 0 aliphatic heterocycles. The smallest absolute Gasteiger partial charge is 0.239 e. The highest BCUT2D eigenvalue weighted by atomic mass is 16.5. The standard InChI is InChI=1S/C12H14N4O/c1-8-3-4-10(5-9(8)2)17-12-7-14-6-11(15-12)16-13/h3-7H,13H2,1-2H3,(H,15,16). The van der Waals surface area contributed by atoms with Crippen LogP contribution in [0, 0.1) is 13.8 Å². The van der Waals surface area contributed by atoms with Gasteiger partial charge in [0.1, 0.15) is 5.75 Å². The largest absolute Gasteiger partial charge is 0.437 e. The lowest BCUT2D eigenvalue weighted by atomic mass is 10.1. The molecule has 0 atom stereocenters. The summed E-state index contributed by atoms with van der Waals surface area (Å²) in [4.78, 5) is 8.08. The number of anilines is 1. The van der Waals surface area contributed by atoms with E-state index in [-0.39, 0.29) is 0 Å². The third-order valence-corrected chi connectivity index (χ3v) is 2.46. The molecule has 0 aliphatic carbocycles. The average Bonchev–Trinajstić information content (AvgIpc) is 2.34. The van der Waals surface area contributed by atoms with Gasteiger partial charge in [0, 0.05) is 0 Å². The van der Waals surface area contributed by atoms with Crippen molar-refractivity contribution >= 4 is 5.82 Å². The molecule has 1 heterocycles. The molecule has 5 heteroatoms. The van der Waals surface area contributed by atoms with E-state index >= 15 is 0 Å². The number of hydrogen-bond acceptors (Lipinski definition) is 5. The Morgan fingerprint density at radius 1 is 1.18 bits per heavy atom. The first-order chi connectivity index (χ1) is 8.19. The molecule has 3 N–H and O–H groups in total. The molecule has 5 nitrogen and oxygen atoms in total. The van der Waals surface area contributed by atoms with E-state index in [4.69, 9.17) is 10.6 Å². The SMILES string of the molecule is Cc1ccc(Oc2cncc(NN)n2)cc1C. The number of aryl methyl sites for hydroxylation is 2. The maximum atomic E-state index is 5.59. The van der Waals surface area contributed by atoms with Gasteiger partial charge in [-0.1, -0.05) is 6.07 Å². The molecule has 2 aromatic rings. The van der Waals surface area contributed by atoms with E-state index in [1.54, 1.807) is 0 Å². The second-order valence-corrected chi connectivity index (χ2v) is 3.74. The molecule has 0 amide bonds. The number of hydrogen-bond donors (Lipinski definition) is 2. The maximum absolute atomic E-state index is 5.59. The average molecular weight is 230 g/mol. The van der Waals surface area contributed by atoms with E-state index in [9.17, 15) is 0 Å². The molecule has 2 rings (SSSR count). The highest BCUT2D eigenvalue weighted by Gasteiger charge is 2.02. The lowest BCUT2D eigenvalue weighted by molar-refractivity contribution is 0.460. The molecule has 88 valence electrons. The summed E-state index contributed by atoms with van der Waals surface area (Å²) in [5.74, 6) is 6.85. The highest BCUT2D eigenvalue weighted by Crippen LogP contribution is 2.22. The summed E-state index contributed by atoms with van der Waals surface area (Å²) >= 11 is 0. The zero-order valence-electron chi connectivity index (χ0n) is 9.77. The summed E-state index contributed by atoms with van der Waals surface area (Å²) in [6, 6.07) is 5.86. The van der Waals surface area contributed by atoms with Crippen molar-refractivity contribution in [3.05, 3.63) is 41.7 Å². The van der Waals surface area contributed by atoms with E-state index in [1.807, 2.05) is 25.1 Å². The van der Waals surface area contributed by atoms with Crippen molar-refractivity contribution in [1.82, 2.24) is 9.97 Å². The number of nitrogens with one attached hydrogen (secondary N) is 1. The molecule has 0 spiro atoms. The van der Waals surface area contributed by atoms with Crippen LogP contribution < -0.4 is 16.0 Å². The van der Waals surface area contributed by atoms with Crippen molar-refractivity contribution in [3.8, 4) is 11.6 Å². The number of hydrazine groups is 1. The van der Waals surface area contributed by atoms with Gasteiger partial charge in [-0.15, -0.1) is 0 Å². The number of benzene rings is 1. The van der Waals surface area contributed by atoms with Crippen molar-refractivity contribution in [2.75, 3.05) is 5.43 Å². The van der Waals surface area contributed by atoms with Gasteiger partial charge in [-0.3, -0.25) is 4.98 Å². The Hall–Kier alpha value is -2.14. The van der Waals surface area contributed by atoms with Crippen LogP contribution in [0.25, 0.3) is 0 Å². The maximum Gasteiger partial charge on any atom is 0.239 e. The lowest BCUT2D eigenvalue weighted by Crippen LogP contribution is -2.09. The monoisotopic (exact) mass is 230 g/mol. The lowest BCUT2D eigenvalue weighted by Gasteiger charge is -2.07. The van der Waals surface area contributed by atoms with E-state index in [1.165, 1.54) is 23.5 Å². The van der Waals surface area contributed by atoms with Crippen LogP contribution in [0.5, 0.6) is 11.6 Å². The van der Waals surface area contributed by atoms with Gasteiger partial charge in [0.15, 0.2) is 5.82 Å². The first-order valence-electron chi connectivity index (χ1n) is 5.23. The second-order valence-electron chi connectivity index (χ2n) is 3.74. The summed E-state index contributed by atoms with van der Waals surface area (Å²) < 4.78 is 5.59. The van der Waals surface area contributed by atoms with Crippen LogP contribution in [0.3, 0.4) is 0 Å². The fraction of sp³-hybridized carbons (Fsp3) is 0.167. The van der Waals surface area contributed by atoms with E-state index in [0.29, 0.717) is 11.7 Å². The van der Waals surface area contributed by atoms with E-state index < -0.39 is 0 Å². The Bertz CT molecular complexity index is 528. The minimum atomic E-state index is 0.406. The zero-order valence-corrected chi connectivity index (χ0v) is 9.77. The van der Waals surface area contributed by atoms with Crippen LogP contribution in [0.2, 0.25) is 0 Å². The topological polar surface area (TPSA) is 73.1 Å². The van der Waals surface area contributed by atoms with Crippen molar-refractivity contribution < 1.29 is 4.74 Å². The van der Waals surface area contributed by atoms with E-state index in [2.05, 4.69) is 22.3 Å². The quantitative estimate of drug-likeness (QED) is 0.624. The number of nitrogens with zero attached hydrogens (tertiary/aromatic N) is 2. The van der Waals surface area contributed by atoms with Gasteiger partial charge in [0.25, 0.3) is 0 Å². The molecule has 0 bridgehead atoms. The predicted molar refractivity (Wildman–Crippen MR) is 65.8 cm³/mol. The Morgan fingerprint density at radius 3 is 2.71 bits per heavy atom. The molecular weight excluding hydrogens is 216 g/mol. The summed E-state index contributed by atoms with van der Waals surface area (Å²) in [5, 5.41) is 0. The van der Waals surface area contributed by atoms with Crippen LogP contribution in [-0.4, -0.2) is 9.97 Å². The van der Waals surface area contributed by atoms with Crippen molar-refractivity contribution in [3.63, 3.8) is 0 Å². The summed E-state index contributed by atoms with van der Waals surface area (Å²) in [7, 11) is 0. The van der Waals surface area contributed by atoms with Crippen LogP contribution >= 0.6 is 0 Å². The van der Waals surface area contributed by atoms with Crippen molar-refractivity contribution in [2.45, 2.75) is 13.8 Å². The van der Waals surface area contributed by atoms with Crippen molar-refractivity contribution in [2.24, 2.45) is 5.84 Å². The molecule has 0 saturated heterocycles. The molecule has 0 aliphatic rings. The first-order valence-corrected chi connectivity index (χ1v) is 5.23. The van der Waals surface area contributed by atoms with E-state index in [0.717, 1.165) is 5.75 Å². The van der Waals surface area contributed by atoms with Crippen LogP contribution in [0.1, 0.15) is 11.1 Å². The Morgan fingerprint density at radius 2 is 2.00 bits per heavy atom. The normalized spacial score (nSPS) is 10.1. The third-order valence-electron chi connectivity index (χ3n) is 2.46. The van der Waals surface area contributed by atoms with Gasteiger partial charge in [-0.2, -0.15) is 4.98 Å². The molecule has 0 saturated carbocycles. The van der Waals surface area contributed by atoms with Gasteiger partial charge < -0.3 is 10.2 Å². The molecule has 0 radical (unpaired) electrons. The summed E-state index contributed by atoms with van der Waals surface area (Å²) in [5.41, 5.74) is 4.81. The second kappa shape index (κ2) is 4.80. The molecule has 0 fully saturated rings. The van der Waals surface area contributed by atoms with Crippen LogP contribution in [0.15, 0.2) is 30.6 Å². The number of ether oxygens (including phenoxy) is 1. The zero-order chi connectivity index (χ0) is 12.3. The van der Waals surface area contributed by atoms with Gasteiger partial charge >= 0.3 is 0 Å². The molecule has 1 aromatic carbocycles. The Balaban J connectivity index is 2.22. The van der Waals surface area contributed by atoms with Crippen LogP contribution in [0.4, 0.5) is 5.82 Å². The molecule has 1 aromatic heterocycles. The van der Waals surface area contributed by atoms with Crippen LogP contribution in [-0.2, 0) is 0 Å². The Kier molecular flexibility index (Phi) is 3.20. The number of rotatable bonds is 3. The number of nitrogen functional groups attached to an aromatic ring is 1. The molecular formula is C12H14N4O. The van der Waals surface area contributed by atoms with Gasteiger partial charge in [-0.25, -0.2) is 5.84 Å². The summed E-state index contributed by atoms with van der Waals surface area (Å²) in [6.45, 7) is 4.09. The highest BCUT2D eigenvalue weighted by molar-refractivity contribution is 5.37. The van der Waals surface area contributed by atoms with Gasteiger partial charge in [-0.05, 0) is 37.1 Å². The molecule has 17 heavy (non-hydrogen) atoms. The number of nitrogens with two attached hydrogens (primary N) is 1. The van der Waals surface area contributed by atoms with Gasteiger partial charge in [0.05, 0.1) is 12.4 Å². The summed E-state index contributed by atoms with van der Waals surface area (Å²) in [6.07, 6.45) is 3.06. The fourth-order valence-electron chi connectivity index (χ4n) is 1.36. The number of aromatic nitrogens is 2. The predicted octanol–water partition coefficient (Wildman–Crippen LogP) is 2.17. The fourth-order valence-corrected chi connectivity index (χ4v) is 1.36. The Labute approximate surface area is 99.6 Å². The molecule has 0 unspecified atom stereocenters. The first kappa shape index (κ1) is 11.3. The third kappa shape index (κ3) is 2.70. The minimum absolute atomic E-state index is 0.406.